The fourth-order valence-corrected chi connectivity index (χ4v) is 2.77. The predicted molar refractivity (Wildman–Crippen MR) is 74.3 cm³/mol. The van der Waals surface area contributed by atoms with Crippen molar-refractivity contribution in [3.05, 3.63) is 0 Å². The molecule has 16 heavy (non-hydrogen) atoms. The van der Waals surface area contributed by atoms with E-state index >= 15 is 0 Å². The molecule has 0 aromatic heterocycles. The average Bonchev–Trinajstić information content (AvgIpc) is 2.29. The van der Waals surface area contributed by atoms with Gasteiger partial charge in [0.2, 0.25) is 0 Å². The Bertz CT molecular complexity index is 226. The largest absolute Gasteiger partial charge is 0.361 e. The number of thioether (sulfide) groups is 1. The number of rotatable bonds is 5. The second-order valence-corrected chi connectivity index (χ2v) is 5.60. The highest BCUT2D eigenvalue weighted by Crippen LogP contribution is 2.15. The Morgan fingerprint density at radius 2 is 2.19 bits per heavy atom. The van der Waals surface area contributed by atoms with Gasteiger partial charge >= 0.3 is 0 Å². The molecule has 0 aromatic carbocycles. The van der Waals surface area contributed by atoms with Crippen molar-refractivity contribution in [1.29, 1.82) is 0 Å². The maximum Gasteiger partial charge on any atom is 0.156 e. The third-order valence-electron chi connectivity index (χ3n) is 2.85. The van der Waals surface area contributed by atoms with E-state index in [0.717, 1.165) is 37.3 Å². The number of aliphatic imine (C=N–C) groups is 1. The van der Waals surface area contributed by atoms with Crippen molar-refractivity contribution in [2.24, 2.45) is 10.9 Å². The van der Waals surface area contributed by atoms with Crippen molar-refractivity contribution in [2.45, 2.75) is 33.7 Å². The molecule has 1 heterocycles. The first kappa shape index (κ1) is 13.8. The van der Waals surface area contributed by atoms with Crippen LogP contribution in [0.4, 0.5) is 0 Å². The van der Waals surface area contributed by atoms with E-state index in [1.165, 1.54) is 5.75 Å². The Hall–Kier alpha value is -0.220. The normalized spacial score (nSPS) is 23.1. The minimum atomic E-state index is 0.486. The fourth-order valence-electron chi connectivity index (χ4n) is 1.77. The highest BCUT2D eigenvalue weighted by atomic mass is 32.2. The molecule has 0 aliphatic carbocycles. The van der Waals surface area contributed by atoms with Crippen molar-refractivity contribution < 1.29 is 0 Å². The van der Waals surface area contributed by atoms with Crippen LogP contribution in [0.1, 0.15) is 27.7 Å². The van der Waals surface area contributed by atoms with Crippen LogP contribution < -0.4 is 5.32 Å². The van der Waals surface area contributed by atoms with Crippen LogP contribution >= 0.6 is 11.8 Å². The van der Waals surface area contributed by atoms with Crippen LogP contribution in [0, 0.1) is 5.92 Å². The number of hydrogen-bond donors (Lipinski definition) is 1. The molecule has 0 saturated heterocycles. The van der Waals surface area contributed by atoms with Gasteiger partial charge in [-0.05, 0) is 25.9 Å². The van der Waals surface area contributed by atoms with Crippen molar-refractivity contribution in [2.75, 3.05) is 31.9 Å². The van der Waals surface area contributed by atoms with Crippen molar-refractivity contribution in [1.82, 2.24) is 10.2 Å². The van der Waals surface area contributed by atoms with E-state index in [9.17, 15) is 0 Å². The molecular weight excluding hydrogens is 218 g/mol. The van der Waals surface area contributed by atoms with Crippen LogP contribution in [0.5, 0.6) is 0 Å². The molecule has 2 unspecified atom stereocenters. The van der Waals surface area contributed by atoms with Crippen LogP contribution in [-0.2, 0) is 0 Å². The van der Waals surface area contributed by atoms with Gasteiger partial charge < -0.3 is 10.2 Å². The van der Waals surface area contributed by atoms with E-state index in [1.54, 1.807) is 0 Å². The lowest BCUT2D eigenvalue weighted by atomic mass is 10.2. The molecule has 4 heteroatoms. The molecule has 2 atom stereocenters. The SMILES string of the molecule is CCN(CC)CC(C)NC1=NCC(C)CS1. The van der Waals surface area contributed by atoms with Crippen LogP contribution in [0.3, 0.4) is 0 Å². The first-order valence-electron chi connectivity index (χ1n) is 6.31. The molecule has 0 fully saturated rings. The van der Waals surface area contributed by atoms with Gasteiger partial charge in [-0.15, -0.1) is 0 Å². The molecule has 3 nitrogen and oxygen atoms in total. The molecule has 1 aliphatic heterocycles. The minimum Gasteiger partial charge on any atom is -0.361 e. The summed E-state index contributed by atoms with van der Waals surface area (Å²) in [6, 6.07) is 0.486. The zero-order valence-corrected chi connectivity index (χ0v) is 11.8. The second kappa shape index (κ2) is 7.17. The first-order valence-corrected chi connectivity index (χ1v) is 7.30. The van der Waals surface area contributed by atoms with Crippen LogP contribution in [-0.4, -0.2) is 48.0 Å². The summed E-state index contributed by atoms with van der Waals surface area (Å²) in [6.07, 6.45) is 0. The van der Waals surface area contributed by atoms with Crippen LogP contribution in [0.25, 0.3) is 0 Å². The zero-order chi connectivity index (χ0) is 12.0. The van der Waals surface area contributed by atoms with Gasteiger partial charge in [0, 0.05) is 24.9 Å². The predicted octanol–water partition coefficient (Wildman–Crippen LogP) is 2.05. The average molecular weight is 243 g/mol. The van der Waals surface area contributed by atoms with E-state index in [4.69, 9.17) is 0 Å². The van der Waals surface area contributed by atoms with Crippen molar-refractivity contribution >= 4 is 16.9 Å². The summed E-state index contributed by atoms with van der Waals surface area (Å²) >= 11 is 1.86. The fraction of sp³-hybridized carbons (Fsp3) is 0.917. The van der Waals surface area contributed by atoms with E-state index in [1.807, 2.05) is 11.8 Å². The number of nitrogens with one attached hydrogen (secondary N) is 1. The van der Waals surface area contributed by atoms with Crippen molar-refractivity contribution in [3.63, 3.8) is 0 Å². The zero-order valence-electron chi connectivity index (χ0n) is 11.0. The van der Waals surface area contributed by atoms with E-state index < -0.39 is 0 Å². The maximum atomic E-state index is 4.56. The van der Waals surface area contributed by atoms with E-state index in [2.05, 4.69) is 42.9 Å². The van der Waals surface area contributed by atoms with Crippen LogP contribution in [0.2, 0.25) is 0 Å². The van der Waals surface area contributed by atoms with E-state index in [-0.39, 0.29) is 0 Å². The topological polar surface area (TPSA) is 27.6 Å². The molecule has 0 spiro atoms. The minimum absolute atomic E-state index is 0.486. The Morgan fingerprint density at radius 1 is 1.50 bits per heavy atom. The summed E-state index contributed by atoms with van der Waals surface area (Å²) in [4.78, 5) is 7.00. The molecule has 1 rings (SSSR count). The molecule has 0 amide bonds. The van der Waals surface area contributed by atoms with Gasteiger partial charge in [0.15, 0.2) is 5.17 Å². The van der Waals surface area contributed by atoms with Gasteiger partial charge in [0.1, 0.15) is 0 Å². The molecule has 94 valence electrons. The summed E-state index contributed by atoms with van der Waals surface area (Å²) in [6.45, 7) is 13.2. The standard InChI is InChI=1S/C12H25N3S/c1-5-15(6-2)8-11(4)14-12-13-7-10(3)9-16-12/h10-11H,5-9H2,1-4H3,(H,13,14). The Kier molecular flexibility index (Phi) is 6.21. The number of likely N-dealkylation sites (N-methyl/N-ethyl adjacent to an activating group) is 1. The van der Waals surface area contributed by atoms with Crippen molar-refractivity contribution in [3.8, 4) is 0 Å². The van der Waals surface area contributed by atoms with Gasteiger partial charge in [-0.2, -0.15) is 0 Å². The lowest BCUT2D eigenvalue weighted by Crippen LogP contribution is -2.42. The summed E-state index contributed by atoms with van der Waals surface area (Å²) in [5, 5.41) is 4.65. The number of hydrogen-bond acceptors (Lipinski definition) is 4. The third-order valence-corrected chi connectivity index (χ3v) is 4.10. The number of nitrogens with zero attached hydrogens (tertiary/aromatic N) is 2. The van der Waals surface area contributed by atoms with Gasteiger partial charge in [-0.3, -0.25) is 4.99 Å². The highest BCUT2D eigenvalue weighted by Gasteiger charge is 2.14. The Labute approximate surface area is 104 Å². The first-order chi connectivity index (χ1) is 7.65. The lowest BCUT2D eigenvalue weighted by molar-refractivity contribution is 0.282. The van der Waals surface area contributed by atoms with E-state index in [0.29, 0.717) is 6.04 Å². The summed E-state index contributed by atoms with van der Waals surface area (Å²) in [5.41, 5.74) is 0. The molecule has 0 saturated carbocycles. The lowest BCUT2D eigenvalue weighted by Gasteiger charge is -2.26. The Morgan fingerprint density at radius 3 is 2.69 bits per heavy atom. The molecule has 1 N–H and O–H groups in total. The summed E-state index contributed by atoms with van der Waals surface area (Å²) in [5.74, 6) is 1.93. The summed E-state index contributed by atoms with van der Waals surface area (Å²) < 4.78 is 0. The Balaban J connectivity index is 2.31. The summed E-state index contributed by atoms with van der Waals surface area (Å²) in [7, 11) is 0. The van der Waals surface area contributed by atoms with Gasteiger partial charge in [0.05, 0.1) is 0 Å². The third kappa shape index (κ3) is 4.74. The van der Waals surface area contributed by atoms with Gasteiger partial charge in [-0.1, -0.05) is 32.5 Å². The molecule has 0 aromatic rings. The molecular formula is C12H25N3S. The second-order valence-electron chi connectivity index (χ2n) is 4.59. The van der Waals surface area contributed by atoms with Crippen LogP contribution in [0.15, 0.2) is 4.99 Å². The smallest absolute Gasteiger partial charge is 0.156 e. The van der Waals surface area contributed by atoms with Gasteiger partial charge in [-0.25, -0.2) is 0 Å². The quantitative estimate of drug-likeness (QED) is 0.801. The molecule has 0 bridgehead atoms. The molecule has 0 radical (unpaired) electrons. The molecule has 1 aliphatic rings. The van der Waals surface area contributed by atoms with Gasteiger partial charge in [0.25, 0.3) is 0 Å². The highest BCUT2D eigenvalue weighted by molar-refractivity contribution is 8.13. The number of amidine groups is 1. The monoisotopic (exact) mass is 243 g/mol. The maximum absolute atomic E-state index is 4.56.